The number of carbonyl (C=O) groups excluding carboxylic acids is 1. The first-order chi connectivity index (χ1) is 10.4. The summed E-state index contributed by atoms with van der Waals surface area (Å²) in [5.74, 6) is 0.0143. The zero-order valence-corrected chi connectivity index (χ0v) is 13.8. The summed E-state index contributed by atoms with van der Waals surface area (Å²) in [6, 6.07) is 6.15. The lowest BCUT2D eigenvalue weighted by Crippen LogP contribution is -2.34. The third-order valence-corrected chi connectivity index (χ3v) is 3.97. The molecule has 0 aliphatic heterocycles. The predicted molar refractivity (Wildman–Crippen MR) is 88.0 cm³/mol. The number of likely N-dealkylation sites (N-methyl/N-ethyl adjacent to an activating group) is 1. The van der Waals surface area contributed by atoms with Crippen LogP contribution in [0.2, 0.25) is 0 Å². The Labute approximate surface area is 131 Å². The minimum atomic E-state index is -0.0140. The average Bonchev–Trinajstić information content (AvgIpc) is 2.86. The van der Waals surface area contributed by atoms with Crippen molar-refractivity contribution >= 4 is 16.9 Å². The van der Waals surface area contributed by atoms with E-state index in [1.807, 2.05) is 13.0 Å². The number of rotatable bonds is 5. The van der Waals surface area contributed by atoms with Gasteiger partial charge in [0.05, 0.1) is 19.3 Å². The Kier molecular flexibility index (Phi) is 4.91. The van der Waals surface area contributed by atoms with E-state index in [4.69, 9.17) is 9.52 Å². The molecule has 0 spiro atoms. The molecular weight excluding hydrogens is 278 g/mol. The van der Waals surface area contributed by atoms with Crippen molar-refractivity contribution < 1.29 is 14.3 Å². The van der Waals surface area contributed by atoms with Gasteiger partial charge in [0.2, 0.25) is 5.91 Å². The summed E-state index contributed by atoms with van der Waals surface area (Å²) in [6.07, 6.45) is 1.97. The van der Waals surface area contributed by atoms with Gasteiger partial charge in [-0.25, -0.2) is 0 Å². The fourth-order valence-corrected chi connectivity index (χ4v) is 2.54. The Balaban J connectivity index is 2.30. The van der Waals surface area contributed by atoms with Crippen LogP contribution in [0.4, 0.5) is 0 Å². The molecule has 2 rings (SSSR count). The highest BCUT2D eigenvalue weighted by atomic mass is 16.3. The SMILES string of the molecule is CCN(CCO)C(=O)Cc1coc2ccc(C(C)(C)C)cc12. The second-order valence-corrected chi connectivity index (χ2v) is 6.60. The molecule has 1 N–H and O–H groups in total. The molecule has 120 valence electrons. The molecule has 1 aromatic heterocycles. The molecule has 2 aromatic rings. The highest BCUT2D eigenvalue weighted by Gasteiger charge is 2.18. The van der Waals surface area contributed by atoms with Gasteiger partial charge in [-0.2, -0.15) is 0 Å². The molecule has 1 aromatic carbocycles. The number of fused-ring (bicyclic) bond motifs is 1. The number of carbonyl (C=O) groups is 1. The maximum atomic E-state index is 12.3. The average molecular weight is 303 g/mol. The first-order valence-corrected chi connectivity index (χ1v) is 7.76. The summed E-state index contributed by atoms with van der Waals surface area (Å²) >= 11 is 0. The largest absolute Gasteiger partial charge is 0.464 e. The highest BCUT2D eigenvalue weighted by molar-refractivity contribution is 5.88. The van der Waals surface area contributed by atoms with Crippen molar-refractivity contribution in [3.8, 4) is 0 Å². The van der Waals surface area contributed by atoms with Gasteiger partial charge in [-0.3, -0.25) is 4.79 Å². The smallest absolute Gasteiger partial charge is 0.227 e. The fourth-order valence-electron chi connectivity index (χ4n) is 2.54. The molecule has 1 amide bonds. The van der Waals surface area contributed by atoms with Crippen LogP contribution in [-0.4, -0.2) is 35.6 Å². The molecule has 4 heteroatoms. The van der Waals surface area contributed by atoms with Crippen molar-refractivity contribution in [1.29, 1.82) is 0 Å². The van der Waals surface area contributed by atoms with Gasteiger partial charge in [-0.05, 0) is 30.0 Å². The van der Waals surface area contributed by atoms with Crippen molar-refractivity contribution in [2.75, 3.05) is 19.7 Å². The van der Waals surface area contributed by atoms with Gasteiger partial charge in [-0.15, -0.1) is 0 Å². The van der Waals surface area contributed by atoms with Gasteiger partial charge >= 0.3 is 0 Å². The number of hydrogen-bond donors (Lipinski definition) is 1. The molecule has 0 saturated heterocycles. The number of furan rings is 1. The van der Waals surface area contributed by atoms with Gasteiger partial charge in [0, 0.05) is 24.0 Å². The second kappa shape index (κ2) is 6.53. The Hall–Kier alpha value is -1.81. The number of nitrogens with zero attached hydrogens (tertiary/aromatic N) is 1. The Morgan fingerprint density at radius 2 is 2.05 bits per heavy atom. The zero-order chi connectivity index (χ0) is 16.3. The van der Waals surface area contributed by atoms with E-state index in [-0.39, 0.29) is 17.9 Å². The van der Waals surface area contributed by atoms with Crippen LogP contribution in [0.5, 0.6) is 0 Å². The van der Waals surface area contributed by atoms with E-state index >= 15 is 0 Å². The maximum Gasteiger partial charge on any atom is 0.227 e. The fraction of sp³-hybridized carbons (Fsp3) is 0.500. The molecular formula is C18H25NO3. The highest BCUT2D eigenvalue weighted by Crippen LogP contribution is 2.29. The Morgan fingerprint density at radius 3 is 2.64 bits per heavy atom. The molecule has 0 unspecified atom stereocenters. The number of aliphatic hydroxyl groups excluding tert-OH is 1. The Bertz CT molecular complexity index is 652. The predicted octanol–water partition coefficient (Wildman–Crippen LogP) is 3.11. The molecule has 1 heterocycles. The van der Waals surface area contributed by atoms with Gasteiger partial charge in [0.25, 0.3) is 0 Å². The molecule has 4 nitrogen and oxygen atoms in total. The summed E-state index contributed by atoms with van der Waals surface area (Å²) in [5.41, 5.74) is 2.99. The van der Waals surface area contributed by atoms with Crippen LogP contribution in [0.15, 0.2) is 28.9 Å². The summed E-state index contributed by atoms with van der Waals surface area (Å²) in [7, 11) is 0. The normalized spacial score (nSPS) is 11.9. The number of aliphatic hydroxyl groups is 1. The lowest BCUT2D eigenvalue weighted by Gasteiger charge is -2.20. The molecule has 0 fully saturated rings. The van der Waals surface area contributed by atoms with E-state index in [2.05, 4.69) is 32.9 Å². The van der Waals surface area contributed by atoms with Crippen molar-refractivity contribution in [3.63, 3.8) is 0 Å². The first kappa shape index (κ1) is 16.6. The molecule has 22 heavy (non-hydrogen) atoms. The van der Waals surface area contributed by atoms with Gasteiger partial charge in [0.15, 0.2) is 0 Å². The quantitative estimate of drug-likeness (QED) is 0.923. The van der Waals surface area contributed by atoms with Gasteiger partial charge in [-0.1, -0.05) is 26.8 Å². The van der Waals surface area contributed by atoms with Crippen molar-refractivity contribution in [2.24, 2.45) is 0 Å². The standard InChI is InChI=1S/C18H25NO3/c1-5-19(8-9-20)17(21)10-13-12-22-16-7-6-14(11-15(13)16)18(2,3)4/h6-7,11-12,20H,5,8-10H2,1-4H3. The summed E-state index contributed by atoms with van der Waals surface area (Å²) in [6.45, 7) is 9.37. The van der Waals surface area contributed by atoms with Gasteiger partial charge < -0.3 is 14.4 Å². The topological polar surface area (TPSA) is 53.7 Å². The lowest BCUT2D eigenvalue weighted by molar-refractivity contribution is -0.130. The summed E-state index contributed by atoms with van der Waals surface area (Å²) in [5, 5.41) is 10.0. The minimum absolute atomic E-state index is 0.0140. The molecule has 0 aliphatic rings. The van der Waals surface area contributed by atoms with Crippen LogP contribution < -0.4 is 0 Å². The molecule has 0 atom stereocenters. The molecule has 0 saturated carbocycles. The van der Waals surface area contributed by atoms with Crippen LogP contribution in [0.3, 0.4) is 0 Å². The van der Waals surface area contributed by atoms with Crippen molar-refractivity contribution in [1.82, 2.24) is 4.90 Å². The number of hydrogen-bond acceptors (Lipinski definition) is 3. The van der Waals surface area contributed by atoms with Gasteiger partial charge in [0.1, 0.15) is 5.58 Å². The maximum absolute atomic E-state index is 12.3. The van der Waals surface area contributed by atoms with Crippen LogP contribution in [0.25, 0.3) is 11.0 Å². The van der Waals surface area contributed by atoms with Crippen LogP contribution >= 0.6 is 0 Å². The van der Waals surface area contributed by atoms with Crippen molar-refractivity contribution in [2.45, 2.75) is 39.5 Å². The third kappa shape index (κ3) is 3.50. The lowest BCUT2D eigenvalue weighted by atomic mass is 9.86. The molecule has 0 radical (unpaired) electrons. The summed E-state index contributed by atoms with van der Waals surface area (Å²) in [4.78, 5) is 14.0. The first-order valence-electron chi connectivity index (χ1n) is 7.76. The van der Waals surface area contributed by atoms with E-state index in [1.54, 1.807) is 11.2 Å². The van der Waals surface area contributed by atoms with Crippen LogP contribution in [-0.2, 0) is 16.6 Å². The number of benzene rings is 1. The van der Waals surface area contributed by atoms with E-state index < -0.39 is 0 Å². The number of amides is 1. The minimum Gasteiger partial charge on any atom is -0.464 e. The van der Waals surface area contributed by atoms with E-state index in [0.717, 1.165) is 16.5 Å². The van der Waals surface area contributed by atoms with E-state index in [0.29, 0.717) is 19.5 Å². The monoisotopic (exact) mass is 303 g/mol. The van der Waals surface area contributed by atoms with Crippen LogP contribution in [0, 0.1) is 0 Å². The molecule has 0 aliphatic carbocycles. The van der Waals surface area contributed by atoms with Crippen molar-refractivity contribution in [3.05, 3.63) is 35.6 Å². The van der Waals surface area contributed by atoms with E-state index in [1.165, 1.54) is 5.56 Å². The Morgan fingerprint density at radius 1 is 1.32 bits per heavy atom. The summed E-state index contributed by atoms with van der Waals surface area (Å²) < 4.78 is 5.57. The van der Waals surface area contributed by atoms with E-state index in [9.17, 15) is 4.79 Å². The van der Waals surface area contributed by atoms with Crippen LogP contribution in [0.1, 0.15) is 38.8 Å². The second-order valence-electron chi connectivity index (χ2n) is 6.60. The zero-order valence-electron chi connectivity index (χ0n) is 13.8. The third-order valence-electron chi connectivity index (χ3n) is 3.97. The molecule has 0 bridgehead atoms.